The van der Waals surface area contributed by atoms with Gasteiger partial charge in [-0.1, -0.05) is 42.5 Å². The summed E-state index contributed by atoms with van der Waals surface area (Å²) in [5, 5.41) is 13.3. The third-order valence-electron chi connectivity index (χ3n) is 4.16. The third kappa shape index (κ3) is 5.88. The molecule has 2 atom stereocenters. The number of non-ortho nitro benzene ring substituents is 1. The molecule has 0 spiro atoms. The molecule has 0 aliphatic carbocycles. The Labute approximate surface area is 162 Å². The van der Waals surface area contributed by atoms with Gasteiger partial charge in [0.2, 0.25) is 5.91 Å². The van der Waals surface area contributed by atoms with Crippen LogP contribution in [0.4, 0.5) is 5.69 Å². The van der Waals surface area contributed by atoms with Crippen molar-refractivity contribution in [3.8, 4) is 0 Å². The summed E-state index contributed by atoms with van der Waals surface area (Å²) in [5.74, 6) is -1.08. The van der Waals surface area contributed by atoms with Crippen LogP contribution in [-0.2, 0) is 27.4 Å². The quantitative estimate of drug-likeness (QED) is 0.407. The Kier molecular flexibility index (Phi) is 6.84. The summed E-state index contributed by atoms with van der Waals surface area (Å²) in [4.78, 5) is 34.8. The van der Waals surface area contributed by atoms with Crippen LogP contribution in [0.3, 0.4) is 0 Å². The number of nitrogens with zero attached hydrogens (tertiary/aromatic N) is 1. The van der Waals surface area contributed by atoms with Gasteiger partial charge in [-0.05, 0) is 31.4 Å². The molecule has 0 fully saturated rings. The van der Waals surface area contributed by atoms with E-state index in [9.17, 15) is 19.7 Å². The van der Waals surface area contributed by atoms with Crippen LogP contribution in [0.2, 0.25) is 0 Å². The fourth-order valence-corrected chi connectivity index (χ4v) is 2.51. The normalized spacial score (nSPS) is 13.8. The number of esters is 1. The number of ether oxygens (including phenoxy) is 1. The minimum absolute atomic E-state index is 0.0401. The van der Waals surface area contributed by atoms with Gasteiger partial charge in [0.1, 0.15) is 12.6 Å². The van der Waals surface area contributed by atoms with Gasteiger partial charge in [0.25, 0.3) is 5.69 Å². The van der Waals surface area contributed by atoms with Crippen LogP contribution in [0.5, 0.6) is 0 Å². The number of amides is 1. The van der Waals surface area contributed by atoms with Gasteiger partial charge in [-0.25, -0.2) is 4.79 Å². The summed E-state index contributed by atoms with van der Waals surface area (Å²) < 4.78 is 5.20. The van der Waals surface area contributed by atoms with Crippen LogP contribution in [0, 0.1) is 10.1 Å². The van der Waals surface area contributed by atoms with Crippen molar-refractivity contribution in [2.45, 2.75) is 38.5 Å². The predicted octanol–water partition coefficient (Wildman–Crippen LogP) is 2.10. The standard InChI is InChI=1S/C20H23N3O5/c1-14(18(24)28-13-16-6-4-3-5-7-16)22-19(25)20(2,21)12-15-8-10-17(11-9-15)23(26)27/h3-11,14H,12-13,21H2,1-2H3,(H,22,25)/t14-,20+/m0/s1. The first-order valence-electron chi connectivity index (χ1n) is 8.73. The number of carbonyl (C=O) groups excluding carboxylic acids is 2. The van der Waals surface area contributed by atoms with Crippen molar-refractivity contribution in [2.75, 3.05) is 0 Å². The van der Waals surface area contributed by atoms with E-state index in [0.717, 1.165) is 5.56 Å². The molecule has 0 saturated carbocycles. The number of nitrogens with one attached hydrogen (secondary N) is 1. The van der Waals surface area contributed by atoms with Crippen molar-refractivity contribution in [3.05, 3.63) is 75.8 Å². The molecule has 2 aromatic carbocycles. The molecule has 3 N–H and O–H groups in total. The number of rotatable bonds is 8. The van der Waals surface area contributed by atoms with Gasteiger partial charge >= 0.3 is 5.97 Å². The summed E-state index contributed by atoms with van der Waals surface area (Å²) >= 11 is 0. The third-order valence-corrected chi connectivity index (χ3v) is 4.16. The highest BCUT2D eigenvalue weighted by Crippen LogP contribution is 2.16. The Balaban J connectivity index is 1.90. The summed E-state index contributed by atoms with van der Waals surface area (Å²) in [6.07, 6.45) is 0.155. The van der Waals surface area contributed by atoms with Crippen molar-refractivity contribution in [2.24, 2.45) is 5.73 Å². The van der Waals surface area contributed by atoms with E-state index in [1.165, 1.54) is 26.0 Å². The van der Waals surface area contributed by atoms with Gasteiger partial charge in [-0.15, -0.1) is 0 Å². The lowest BCUT2D eigenvalue weighted by molar-refractivity contribution is -0.384. The largest absolute Gasteiger partial charge is 0.459 e. The van der Waals surface area contributed by atoms with Crippen LogP contribution in [0.25, 0.3) is 0 Å². The molecule has 0 saturated heterocycles. The topological polar surface area (TPSA) is 125 Å². The van der Waals surface area contributed by atoms with E-state index < -0.39 is 28.4 Å². The van der Waals surface area contributed by atoms with E-state index in [4.69, 9.17) is 10.5 Å². The Morgan fingerprint density at radius 2 is 1.75 bits per heavy atom. The smallest absolute Gasteiger partial charge is 0.328 e. The first-order valence-corrected chi connectivity index (χ1v) is 8.73. The van der Waals surface area contributed by atoms with E-state index in [0.29, 0.717) is 5.56 Å². The number of hydrogen-bond acceptors (Lipinski definition) is 6. The van der Waals surface area contributed by atoms with Gasteiger partial charge in [0.15, 0.2) is 0 Å². The monoisotopic (exact) mass is 385 g/mol. The maximum atomic E-state index is 12.5. The van der Waals surface area contributed by atoms with Gasteiger partial charge in [-0.3, -0.25) is 14.9 Å². The number of benzene rings is 2. The maximum Gasteiger partial charge on any atom is 0.328 e. The van der Waals surface area contributed by atoms with Crippen molar-refractivity contribution >= 4 is 17.6 Å². The van der Waals surface area contributed by atoms with Gasteiger partial charge in [-0.2, -0.15) is 0 Å². The average molecular weight is 385 g/mol. The molecule has 8 nitrogen and oxygen atoms in total. The molecule has 0 heterocycles. The van der Waals surface area contributed by atoms with Crippen LogP contribution in [0.1, 0.15) is 25.0 Å². The summed E-state index contributed by atoms with van der Waals surface area (Å²) in [6.45, 7) is 3.17. The summed E-state index contributed by atoms with van der Waals surface area (Å²) in [6, 6.07) is 14.1. The predicted molar refractivity (Wildman–Crippen MR) is 103 cm³/mol. The molecule has 0 bridgehead atoms. The molecule has 0 aromatic heterocycles. The van der Waals surface area contributed by atoms with Crippen molar-refractivity contribution in [3.63, 3.8) is 0 Å². The van der Waals surface area contributed by atoms with E-state index in [1.807, 2.05) is 30.3 Å². The van der Waals surface area contributed by atoms with Crippen LogP contribution < -0.4 is 11.1 Å². The van der Waals surface area contributed by atoms with Crippen LogP contribution in [0.15, 0.2) is 54.6 Å². The highest BCUT2D eigenvalue weighted by Gasteiger charge is 2.31. The molecule has 2 rings (SSSR count). The van der Waals surface area contributed by atoms with Gasteiger partial charge in [0, 0.05) is 12.1 Å². The Bertz CT molecular complexity index is 835. The van der Waals surface area contributed by atoms with Crippen LogP contribution in [-0.4, -0.2) is 28.4 Å². The molecule has 28 heavy (non-hydrogen) atoms. The van der Waals surface area contributed by atoms with Crippen molar-refractivity contribution < 1.29 is 19.2 Å². The van der Waals surface area contributed by atoms with E-state index in [-0.39, 0.29) is 18.7 Å². The number of carbonyl (C=O) groups is 2. The first kappa shape index (κ1) is 21.0. The van der Waals surface area contributed by atoms with Crippen LogP contribution >= 0.6 is 0 Å². The molecule has 1 amide bonds. The van der Waals surface area contributed by atoms with Gasteiger partial charge < -0.3 is 15.8 Å². The number of nitro benzene ring substituents is 1. The molecule has 0 aliphatic rings. The zero-order chi connectivity index (χ0) is 20.7. The van der Waals surface area contributed by atoms with Gasteiger partial charge in [0.05, 0.1) is 10.5 Å². The number of nitrogens with two attached hydrogens (primary N) is 1. The molecule has 148 valence electrons. The molecule has 8 heteroatoms. The second-order valence-electron chi connectivity index (χ2n) is 6.81. The molecule has 0 unspecified atom stereocenters. The molecular weight excluding hydrogens is 362 g/mol. The summed E-state index contributed by atoms with van der Waals surface area (Å²) in [7, 11) is 0. The Hall–Kier alpha value is -3.26. The number of hydrogen-bond donors (Lipinski definition) is 2. The molecule has 0 radical (unpaired) electrons. The minimum atomic E-state index is -1.30. The zero-order valence-corrected chi connectivity index (χ0v) is 15.8. The maximum absolute atomic E-state index is 12.5. The first-order chi connectivity index (χ1) is 13.2. The fourth-order valence-electron chi connectivity index (χ4n) is 2.51. The van der Waals surface area contributed by atoms with Crippen molar-refractivity contribution in [1.82, 2.24) is 5.32 Å². The molecule has 2 aromatic rings. The fraction of sp³-hybridized carbons (Fsp3) is 0.300. The molecular formula is C20H23N3O5. The minimum Gasteiger partial charge on any atom is -0.459 e. The number of nitro groups is 1. The summed E-state index contributed by atoms with van der Waals surface area (Å²) in [5.41, 5.74) is 6.28. The second-order valence-corrected chi connectivity index (χ2v) is 6.81. The van der Waals surface area contributed by atoms with E-state index in [1.54, 1.807) is 12.1 Å². The Morgan fingerprint density at radius 3 is 2.32 bits per heavy atom. The molecule has 0 aliphatic heterocycles. The van der Waals surface area contributed by atoms with E-state index in [2.05, 4.69) is 5.32 Å². The lowest BCUT2D eigenvalue weighted by Gasteiger charge is -2.25. The highest BCUT2D eigenvalue weighted by molar-refractivity contribution is 5.90. The van der Waals surface area contributed by atoms with Crippen molar-refractivity contribution in [1.29, 1.82) is 0 Å². The Morgan fingerprint density at radius 1 is 1.14 bits per heavy atom. The zero-order valence-electron chi connectivity index (χ0n) is 15.8. The highest BCUT2D eigenvalue weighted by atomic mass is 16.6. The average Bonchev–Trinajstić information content (AvgIpc) is 2.66. The SMILES string of the molecule is C[C@H](NC(=O)[C@](C)(N)Cc1ccc([N+](=O)[O-])cc1)C(=O)OCc1ccccc1. The lowest BCUT2D eigenvalue weighted by atomic mass is 9.92. The second kappa shape index (κ2) is 9.09. The van der Waals surface area contributed by atoms with E-state index >= 15 is 0 Å². The lowest BCUT2D eigenvalue weighted by Crippen LogP contribution is -2.56.